The zero-order valence-corrected chi connectivity index (χ0v) is 18.7. The molecule has 1 aliphatic heterocycles. The van der Waals surface area contributed by atoms with Crippen LogP contribution in [0.4, 0.5) is 11.4 Å². The number of ether oxygens (including phenoxy) is 2. The maximum absolute atomic E-state index is 12.8. The fourth-order valence-corrected chi connectivity index (χ4v) is 5.28. The van der Waals surface area contributed by atoms with Gasteiger partial charge in [0.25, 0.3) is 21.7 Å². The van der Waals surface area contributed by atoms with Crippen molar-refractivity contribution < 1.29 is 22.7 Å². The number of hydrogen-bond donors (Lipinski definition) is 2. The van der Waals surface area contributed by atoms with Gasteiger partial charge in [-0.15, -0.1) is 0 Å². The van der Waals surface area contributed by atoms with Gasteiger partial charge in [0.1, 0.15) is 0 Å². The van der Waals surface area contributed by atoms with E-state index in [9.17, 15) is 13.2 Å². The maximum atomic E-state index is 12.8. The van der Waals surface area contributed by atoms with Gasteiger partial charge in [0.05, 0.1) is 4.90 Å². The Hall–Kier alpha value is -3.52. The Labute approximate surface area is 192 Å². The molecule has 0 atom stereocenters. The maximum Gasteiger partial charge on any atom is 0.261 e. The van der Waals surface area contributed by atoms with E-state index >= 15 is 0 Å². The molecule has 3 aromatic carbocycles. The average Bonchev–Trinajstić information content (AvgIpc) is 3.16. The summed E-state index contributed by atoms with van der Waals surface area (Å²) in [6.07, 6.45) is 5.04. The molecule has 1 saturated carbocycles. The number of amides is 1. The van der Waals surface area contributed by atoms with Gasteiger partial charge in [-0.25, -0.2) is 8.42 Å². The van der Waals surface area contributed by atoms with E-state index in [1.807, 2.05) is 0 Å². The molecule has 0 bridgehead atoms. The van der Waals surface area contributed by atoms with Crippen molar-refractivity contribution in [1.29, 1.82) is 0 Å². The summed E-state index contributed by atoms with van der Waals surface area (Å²) in [6.45, 7) is 0. The van der Waals surface area contributed by atoms with Gasteiger partial charge in [0.15, 0.2) is 11.5 Å². The van der Waals surface area contributed by atoms with Crippen molar-refractivity contribution in [2.24, 2.45) is 0 Å². The Balaban J connectivity index is 1.29. The highest BCUT2D eigenvalue weighted by Crippen LogP contribution is 2.46. The van der Waals surface area contributed by atoms with Crippen molar-refractivity contribution in [1.82, 2.24) is 0 Å². The molecule has 2 aliphatic rings. The van der Waals surface area contributed by atoms with Crippen LogP contribution in [0.2, 0.25) is 0 Å². The average molecular weight is 465 g/mol. The van der Waals surface area contributed by atoms with E-state index < -0.39 is 15.8 Å². The van der Waals surface area contributed by atoms with Crippen molar-refractivity contribution in [2.45, 2.75) is 42.8 Å². The van der Waals surface area contributed by atoms with Gasteiger partial charge >= 0.3 is 0 Å². The lowest BCUT2D eigenvalue weighted by Gasteiger charge is -2.31. The van der Waals surface area contributed by atoms with Crippen LogP contribution < -0.4 is 19.5 Å². The van der Waals surface area contributed by atoms with Gasteiger partial charge in [-0.3, -0.25) is 9.52 Å². The van der Waals surface area contributed by atoms with Crippen molar-refractivity contribution in [3.8, 4) is 11.5 Å². The molecule has 0 saturated heterocycles. The molecule has 1 aliphatic carbocycles. The summed E-state index contributed by atoms with van der Waals surface area (Å²) in [5, 5.41) is 2.85. The summed E-state index contributed by atoms with van der Waals surface area (Å²) >= 11 is 0. The fourth-order valence-electron chi connectivity index (χ4n) is 4.21. The van der Waals surface area contributed by atoms with Gasteiger partial charge in [-0.1, -0.05) is 30.7 Å². The Bertz CT molecular complexity index is 1290. The second-order valence-electron chi connectivity index (χ2n) is 8.29. The molecular formula is C25H24N2O5S. The van der Waals surface area contributed by atoms with Gasteiger partial charge in [-0.05, 0) is 55.3 Å². The van der Waals surface area contributed by atoms with E-state index in [1.165, 1.54) is 24.6 Å². The number of carbonyl (C=O) groups is 1. The highest BCUT2D eigenvalue weighted by Gasteiger charge is 2.42. The van der Waals surface area contributed by atoms with Crippen LogP contribution in [0, 0.1) is 0 Å². The molecule has 0 unspecified atom stereocenters. The molecule has 170 valence electrons. The summed E-state index contributed by atoms with van der Waals surface area (Å²) < 4.78 is 39.9. The minimum atomic E-state index is -3.75. The lowest BCUT2D eigenvalue weighted by molar-refractivity contribution is -0.105. The zero-order valence-electron chi connectivity index (χ0n) is 17.9. The van der Waals surface area contributed by atoms with Gasteiger partial charge < -0.3 is 14.8 Å². The second kappa shape index (κ2) is 8.44. The smallest absolute Gasteiger partial charge is 0.261 e. The molecule has 1 amide bonds. The predicted molar refractivity (Wildman–Crippen MR) is 125 cm³/mol. The third kappa shape index (κ3) is 4.52. The largest absolute Gasteiger partial charge is 0.448 e. The fraction of sp³-hybridized carbons (Fsp3) is 0.240. The quantitative estimate of drug-likeness (QED) is 0.543. The second-order valence-corrected chi connectivity index (χ2v) is 9.97. The monoisotopic (exact) mass is 464 g/mol. The van der Waals surface area contributed by atoms with Crippen LogP contribution in [0.3, 0.4) is 0 Å². The lowest BCUT2D eigenvalue weighted by Crippen LogP contribution is -2.40. The number of fused-ring (bicyclic) bond motifs is 1. The summed E-state index contributed by atoms with van der Waals surface area (Å²) in [4.78, 5) is 13.0. The normalized spacial score (nSPS) is 16.4. The van der Waals surface area contributed by atoms with E-state index in [0.717, 1.165) is 25.7 Å². The molecule has 1 fully saturated rings. The van der Waals surface area contributed by atoms with Crippen LogP contribution in [-0.4, -0.2) is 20.1 Å². The SMILES string of the molecule is O=C(Nc1ccc2c(c1)OC1(CCCCC1)O2)c1cccc(NS(=O)(=O)c2ccccc2)c1. The van der Waals surface area contributed by atoms with Crippen molar-refractivity contribution >= 4 is 27.3 Å². The topological polar surface area (TPSA) is 93.7 Å². The van der Waals surface area contributed by atoms with E-state index in [0.29, 0.717) is 28.4 Å². The van der Waals surface area contributed by atoms with Crippen LogP contribution in [0.5, 0.6) is 11.5 Å². The van der Waals surface area contributed by atoms with Crippen molar-refractivity contribution in [3.63, 3.8) is 0 Å². The third-order valence-corrected chi connectivity index (χ3v) is 7.24. The van der Waals surface area contributed by atoms with Crippen LogP contribution in [-0.2, 0) is 10.0 Å². The summed E-state index contributed by atoms with van der Waals surface area (Å²) in [7, 11) is -3.75. The molecule has 0 aromatic heterocycles. The number of nitrogens with one attached hydrogen (secondary N) is 2. The molecule has 1 spiro atoms. The highest BCUT2D eigenvalue weighted by atomic mass is 32.2. The summed E-state index contributed by atoms with van der Waals surface area (Å²) in [5.41, 5.74) is 1.20. The van der Waals surface area contributed by atoms with Crippen LogP contribution in [0.25, 0.3) is 0 Å². The first-order valence-corrected chi connectivity index (χ1v) is 12.4. The van der Waals surface area contributed by atoms with E-state index in [1.54, 1.807) is 54.6 Å². The molecule has 33 heavy (non-hydrogen) atoms. The number of carbonyl (C=O) groups excluding carboxylic acids is 1. The molecular weight excluding hydrogens is 440 g/mol. The number of benzene rings is 3. The lowest BCUT2D eigenvalue weighted by atomic mass is 9.94. The first-order chi connectivity index (χ1) is 15.9. The molecule has 8 heteroatoms. The van der Waals surface area contributed by atoms with E-state index in [-0.39, 0.29) is 10.8 Å². The van der Waals surface area contributed by atoms with Crippen LogP contribution in [0.15, 0.2) is 77.7 Å². The number of hydrogen-bond acceptors (Lipinski definition) is 5. The minimum Gasteiger partial charge on any atom is -0.448 e. The van der Waals surface area contributed by atoms with Gasteiger partial charge in [0, 0.05) is 35.8 Å². The van der Waals surface area contributed by atoms with Gasteiger partial charge in [0.2, 0.25) is 0 Å². The van der Waals surface area contributed by atoms with E-state index in [4.69, 9.17) is 9.47 Å². The zero-order chi connectivity index (χ0) is 22.9. The minimum absolute atomic E-state index is 0.149. The van der Waals surface area contributed by atoms with Gasteiger partial charge in [-0.2, -0.15) is 0 Å². The number of sulfonamides is 1. The highest BCUT2D eigenvalue weighted by molar-refractivity contribution is 7.92. The Morgan fingerprint density at radius 1 is 0.788 bits per heavy atom. The van der Waals surface area contributed by atoms with E-state index in [2.05, 4.69) is 10.0 Å². The molecule has 2 N–H and O–H groups in total. The van der Waals surface area contributed by atoms with Crippen LogP contribution in [0.1, 0.15) is 42.5 Å². The predicted octanol–water partition coefficient (Wildman–Crippen LogP) is 5.17. The van der Waals surface area contributed by atoms with Crippen molar-refractivity contribution in [2.75, 3.05) is 10.0 Å². The first kappa shape index (κ1) is 21.3. The first-order valence-electron chi connectivity index (χ1n) is 10.9. The van der Waals surface area contributed by atoms with Crippen LogP contribution >= 0.6 is 0 Å². The standard InChI is InChI=1S/C25H24N2O5S/c28-24(18-8-7-9-20(16-18)27-33(29,30)21-10-3-1-4-11-21)26-19-12-13-22-23(17-19)32-25(31-22)14-5-2-6-15-25/h1,3-4,7-13,16-17,27H,2,5-6,14-15H2,(H,26,28). The number of anilines is 2. The molecule has 5 rings (SSSR count). The Morgan fingerprint density at radius 3 is 2.33 bits per heavy atom. The van der Waals surface area contributed by atoms with Crippen molar-refractivity contribution in [3.05, 3.63) is 78.4 Å². The molecule has 1 heterocycles. The number of rotatable bonds is 5. The molecule has 0 radical (unpaired) electrons. The summed E-state index contributed by atoms with van der Waals surface area (Å²) in [5.74, 6) is 0.376. The summed E-state index contributed by atoms with van der Waals surface area (Å²) in [6, 6.07) is 19.8. The third-order valence-electron chi connectivity index (χ3n) is 5.84. The Morgan fingerprint density at radius 2 is 1.55 bits per heavy atom. The molecule has 3 aromatic rings. The molecule has 7 nitrogen and oxygen atoms in total. The Kier molecular flexibility index (Phi) is 5.46.